The van der Waals surface area contributed by atoms with Gasteiger partial charge in [0.15, 0.2) is 0 Å². The molecule has 36 heavy (non-hydrogen) atoms. The number of thiophene rings is 1. The molecule has 8 nitrogen and oxygen atoms in total. The topological polar surface area (TPSA) is 92.2 Å². The number of nitrogens with zero attached hydrogens (tertiary/aromatic N) is 4. The Balaban J connectivity index is 1.53. The van der Waals surface area contributed by atoms with Gasteiger partial charge in [0.05, 0.1) is 39.3 Å². The second-order valence-electron chi connectivity index (χ2n) is 9.32. The molecule has 0 aliphatic heterocycles. The van der Waals surface area contributed by atoms with Crippen LogP contribution in [0.2, 0.25) is 5.02 Å². The van der Waals surface area contributed by atoms with Crippen LogP contribution in [0.4, 0.5) is 16.4 Å². The van der Waals surface area contributed by atoms with Gasteiger partial charge in [-0.3, -0.25) is 24.2 Å². The Morgan fingerprint density at radius 1 is 1.33 bits per heavy atom. The van der Waals surface area contributed by atoms with E-state index in [1.807, 2.05) is 32.0 Å². The van der Waals surface area contributed by atoms with Gasteiger partial charge in [-0.2, -0.15) is 5.10 Å². The second-order valence-corrected chi connectivity index (χ2v) is 10.8. The van der Waals surface area contributed by atoms with Crippen molar-refractivity contribution in [3.05, 3.63) is 52.4 Å². The number of aromatic nitrogens is 3. The number of hydrogen-bond donors (Lipinski definition) is 2. The highest BCUT2D eigenvalue weighted by molar-refractivity contribution is 7.16. The van der Waals surface area contributed by atoms with E-state index in [4.69, 9.17) is 11.6 Å². The maximum Gasteiger partial charge on any atom is 0.247 e. The predicted molar refractivity (Wildman–Crippen MR) is 146 cm³/mol. The van der Waals surface area contributed by atoms with Crippen LogP contribution in [0.1, 0.15) is 62.6 Å². The van der Waals surface area contributed by atoms with Crippen molar-refractivity contribution in [2.45, 2.75) is 71.5 Å². The normalized spacial score (nSPS) is 15.4. The van der Waals surface area contributed by atoms with Gasteiger partial charge in [0, 0.05) is 23.8 Å². The first-order chi connectivity index (χ1) is 17.4. The van der Waals surface area contributed by atoms with Gasteiger partial charge < -0.3 is 10.6 Å². The van der Waals surface area contributed by atoms with Crippen molar-refractivity contribution in [2.24, 2.45) is 5.92 Å². The molecule has 3 heterocycles. The monoisotopic (exact) mass is 528 g/mol. The smallest absolute Gasteiger partial charge is 0.247 e. The molecule has 0 unspecified atom stereocenters. The molecule has 192 valence electrons. The highest BCUT2D eigenvalue weighted by atomic mass is 35.5. The molecule has 0 saturated heterocycles. The summed E-state index contributed by atoms with van der Waals surface area (Å²) in [6, 6.07) is 5.15. The van der Waals surface area contributed by atoms with Crippen LogP contribution in [0.3, 0.4) is 0 Å². The van der Waals surface area contributed by atoms with Crippen LogP contribution >= 0.6 is 22.9 Å². The fourth-order valence-corrected chi connectivity index (χ4v) is 5.87. The molecule has 0 bridgehead atoms. The summed E-state index contributed by atoms with van der Waals surface area (Å²) in [5, 5.41) is 12.0. The van der Waals surface area contributed by atoms with Gasteiger partial charge in [0.1, 0.15) is 6.04 Å². The molecule has 0 aromatic carbocycles. The molecule has 2 amide bonds. The zero-order chi connectivity index (χ0) is 25.7. The Morgan fingerprint density at radius 3 is 2.81 bits per heavy atom. The molecular formula is C26H33ClN6O2S. The largest absolute Gasteiger partial charge is 0.376 e. The SMILES string of the molecule is CCn1cc(NC(=O)[C@H](CC2CCCC2)N(C=O)c2ccc([C@H](C)Nc3cc(Cl)cnc3C)s2)cn1. The lowest BCUT2D eigenvalue weighted by Gasteiger charge is -2.28. The van der Waals surface area contributed by atoms with E-state index in [1.54, 1.807) is 28.2 Å². The van der Waals surface area contributed by atoms with Crippen molar-refractivity contribution in [3.8, 4) is 0 Å². The van der Waals surface area contributed by atoms with Crippen molar-refractivity contribution < 1.29 is 9.59 Å². The molecule has 1 saturated carbocycles. The van der Waals surface area contributed by atoms with Crippen molar-refractivity contribution in [3.63, 3.8) is 0 Å². The van der Waals surface area contributed by atoms with Crippen molar-refractivity contribution in [1.82, 2.24) is 14.8 Å². The summed E-state index contributed by atoms with van der Waals surface area (Å²) in [7, 11) is 0. The zero-order valence-electron chi connectivity index (χ0n) is 20.9. The lowest BCUT2D eigenvalue weighted by atomic mass is 9.97. The van der Waals surface area contributed by atoms with E-state index < -0.39 is 6.04 Å². The van der Waals surface area contributed by atoms with E-state index in [1.165, 1.54) is 24.2 Å². The maximum absolute atomic E-state index is 13.4. The van der Waals surface area contributed by atoms with Gasteiger partial charge in [-0.05, 0) is 51.3 Å². The summed E-state index contributed by atoms with van der Waals surface area (Å²) in [5.41, 5.74) is 2.36. The third kappa shape index (κ3) is 6.25. The Morgan fingerprint density at radius 2 is 2.11 bits per heavy atom. The lowest BCUT2D eigenvalue weighted by Crippen LogP contribution is -2.44. The second kappa shape index (κ2) is 11.9. The summed E-state index contributed by atoms with van der Waals surface area (Å²) >= 11 is 7.63. The molecule has 1 aliphatic carbocycles. The van der Waals surface area contributed by atoms with Crippen LogP contribution < -0.4 is 15.5 Å². The first-order valence-corrected chi connectivity index (χ1v) is 13.6. The molecule has 10 heteroatoms. The van der Waals surface area contributed by atoms with Crippen LogP contribution in [0.5, 0.6) is 0 Å². The van der Waals surface area contributed by atoms with Crippen molar-refractivity contribution in [1.29, 1.82) is 0 Å². The van der Waals surface area contributed by atoms with E-state index in [2.05, 4.69) is 27.6 Å². The molecule has 1 aliphatic rings. The summed E-state index contributed by atoms with van der Waals surface area (Å²) in [4.78, 5) is 32.8. The number of halogens is 1. The van der Waals surface area contributed by atoms with E-state index >= 15 is 0 Å². The third-order valence-electron chi connectivity index (χ3n) is 6.73. The van der Waals surface area contributed by atoms with E-state index in [-0.39, 0.29) is 11.9 Å². The first kappa shape index (κ1) is 26.2. The molecular weight excluding hydrogens is 496 g/mol. The average molecular weight is 529 g/mol. The number of anilines is 3. The van der Waals surface area contributed by atoms with E-state index in [9.17, 15) is 9.59 Å². The maximum atomic E-state index is 13.4. The fourth-order valence-electron chi connectivity index (χ4n) is 4.69. The fraction of sp³-hybridized carbons (Fsp3) is 0.462. The zero-order valence-corrected chi connectivity index (χ0v) is 22.5. The summed E-state index contributed by atoms with van der Waals surface area (Å²) in [5.74, 6) is 0.242. The van der Waals surface area contributed by atoms with Gasteiger partial charge in [0.2, 0.25) is 12.3 Å². The molecule has 3 aromatic heterocycles. The minimum absolute atomic E-state index is 0.0294. The van der Waals surface area contributed by atoms with Crippen LogP contribution in [0.25, 0.3) is 0 Å². The van der Waals surface area contributed by atoms with Gasteiger partial charge in [0.25, 0.3) is 0 Å². The molecule has 4 rings (SSSR count). The summed E-state index contributed by atoms with van der Waals surface area (Å²) in [6.07, 6.45) is 11.0. The highest BCUT2D eigenvalue weighted by Gasteiger charge is 2.32. The molecule has 1 fully saturated rings. The average Bonchev–Trinajstić information content (AvgIpc) is 3.63. The Labute approximate surface area is 221 Å². The minimum atomic E-state index is -0.593. The Kier molecular flexibility index (Phi) is 8.64. The summed E-state index contributed by atoms with van der Waals surface area (Å²) < 4.78 is 1.76. The molecule has 2 atom stereocenters. The highest BCUT2D eigenvalue weighted by Crippen LogP contribution is 2.36. The summed E-state index contributed by atoms with van der Waals surface area (Å²) in [6.45, 7) is 6.69. The third-order valence-corrected chi connectivity index (χ3v) is 8.22. The number of rotatable bonds is 11. The Bertz CT molecular complexity index is 1190. The van der Waals surface area contributed by atoms with E-state index in [0.717, 1.165) is 47.1 Å². The van der Waals surface area contributed by atoms with Gasteiger partial charge in [-0.1, -0.05) is 37.3 Å². The quantitative estimate of drug-likeness (QED) is 0.296. The predicted octanol–water partition coefficient (Wildman–Crippen LogP) is 6.04. The number of aryl methyl sites for hydroxylation is 2. The number of nitrogens with one attached hydrogen (secondary N) is 2. The van der Waals surface area contributed by atoms with Crippen LogP contribution in [0.15, 0.2) is 36.8 Å². The van der Waals surface area contributed by atoms with Crippen LogP contribution in [-0.4, -0.2) is 33.1 Å². The van der Waals surface area contributed by atoms with Gasteiger partial charge in [-0.15, -0.1) is 11.3 Å². The lowest BCUT2D eigenvalue weighted by molar-refractivity contribution is -0.119. The minimum Gasteiger partial charge on any atom is -0.376 e. The van der Waals surface area contributed by atoms with Crippen molar-refractivity contribution in [2.75, 3.05) is 15.5 Å². The first-order valence-electron chi connectivity index (χ1n) is 12.4. The molecule has 0 spiro atoms. The standard InChI is InChI=1S/C26H33ClN6O2S/c1-4-32-15-21(14-29-32)31-26(35)23(11-19-7-5-6-8-19)33(16-34)25-10-9-24(36-25)18(3)30-22-12-20(27)13-28-17(22)2/h9-10,12-16,18-19,23,30H,4-8,11H2,1-3H3,(H,31,35)/t18-,23-/m0/s1. The molecule has 0 radical (unpaired) electrons. The van der Waals surface area contributed by atoms with Crippen LogP contribution in [-0.2, 0) is 16.1 Å². The number of carbonyl (C=O) groups excluding carboxylic acids is 2. The number of hydrogen-bond acceptors (Lipinski definition) is 6. The molecule has 2 N–H and O–H groups in total. The number of pyridine rings is 1. The van der Waals surface area contributed by atoms with Crippen LogP contribution in [0, 0.1) is 12.8 Å². The Hall–Kier alpha value is -2.91. The van der Waals surface area contributed by atoms with Gasteiger partial charge >= 0.3 is 0 Å². The molecule has 3 aromatic rings. The number of carbonyl (C=O) groups is 2. The number of amides is 2. The van der Waals surface area contributed by atoms with Crippen molar-refractivity contribution >= 4 is 51.6 Å². The van der Waals surface area contributed by atoms with E-state index in [0.29, 0.717) is 23.0 Å². The van der Waals surface area contributed by atoms with Gasteiger partial charge in [-0.25, -0.2) is 0 Å².